The third-order valence-corrected chi connectivity index (χ3v) is 4.82. The molecule has 29 heavy (non-hydrogen) atoms. The number of carbonyl (C=O) groups is 1. The van der Waals surface area contributed by atoms with E-state index in [4.69, 9.17) is 0 Å². The number of imidazole rings is 1. The van der Waals surface area contributed by atoms with Gasteiger partial charge in [0.25, 0.3) is 0 Å². The van der Waals surface area contributed by atoms with Crippen LogP contribution in [-0.2, 0) is 4.79 Å². The van der Waals surface area contributed by atoms with Crippen LogP contribution in [0.2, 0.25) is 0 Å². The Morgan fingerprint density at radius 1 is 1.07 bits per heavy atom. The maximum Gasteiger partial charge on any atom is 0.225 e. The Kier molecular flexibility index (Phi) is 5.08. The first-order valence-corrected chi connectivity index (χ1v) is 9.24. The number of aryl methyl sites for hydroxylation is 1. The van der Waals surface area contributed by atoms with Crippen LogP contribution in [0.15, 0.2) is 73.1 Å². The van der Waals surface area contributed by atoms with Crippen LogP contribution in [0, 0.1) is 18.6 Å². The number of aromatic nitrogens is 2. The monoisotopic (exact) mass is 391 g/mol. The van der Waals surface area contributed by atoms with Gasteiger partial charge in [-0.2, -0.15) is 0 Å². The van der Waals surface area contributed by atoms with Crippen molar-refractivity contribution in [3.05, 3.63) is 102 Å². The molecule has 1 atom stereocenters. The van der Waals surface area contributed by atoms with Crippen LogP contribution < -0.4 is 5.32 Å². The summed E-state index contributed by atoms with van der Waals surface area (Å²) in [5.74, 6) is -1.39. The minimum Gasteiger partial charge on any atom is -0.326 e. The van der Waals surface area contributed by atoms with Gasteiger partial charge in [-0.25, -0.2) is 13.8 Å². The Bertz CT molecular complexity index is 1170. The second-order valence-corrected chi connectivity index (χ2v) is 6.98. The molecule has 0 saturated carbocycles. The first kappa shape index (κ1) is 18.8. The molecule has 2 aromatic carbocycles. The van der Waals surface area contributed by atoms with E-state index in [2.05, 4.69) is 10.3 Å². The van der Waals surface area contributed by atoms with Crippen LogP contribution in [0.4, 0.5) is 14.5 Å². The van der Waals surface area contributed by atoms with E-state index in [0.717, 1.165) is 16.9 Å². The molecule has 0 aliphatic rings. The number of hydrogen-bond donors (Lipinski definition) is 1. The van der Waals surface area contributed by atoms with Crippen molar-refractivity contribution in [2.45, 2.75) is 19.3 Å². The number of rotatable bonds is 5. The number of nitrogens with zero attached hydrogens (tertiary/aromatic N) is 2. The van der Waals surface area contributed by atoms with Crippen LogP contribution in [0.5, 0.6) is 0 Å². The lowest BCUT2D eigenvalue weighted by atomic mass is 9.92. The van der Waals surface area contributed by atoms with Crippen molar-refractivity contribution >= 4 is 17.2 Å². The van der Waals surface area contributed by atoms with E-state index in [1.165, 1.54) is 36.4 Å². The lowest BCUT2D eigenvalue weighted by Crippen LogP contribution is -2.17. The molecule has 0 aliphatic heterocycles. The number of carbonyl (C=O) groups excluding carboxylic acids is 1. The maximum absolute atomic E-state index is 13.9. The highest BCUT2D eigenvalue weighted by Gasteiger charge is 2.22. The Hall–Kier alpha value is -3.54. The second-order valence-electron chi connectivity index (χ2n) is 6.98. The lowest BCUT2D eigenvalue weighted by Gasteiger charge is -2.17. The summed E-state index contributed by atoms with van der Waals surface area (Å²) >= 11 is 0. The fourth-order valence-electron chi connectivity index (χ4n) is 3.41. The highest BCUT2D eigenvalue weighted by atomic mass is 19.1. The minimum atomic E-state index is -0.399. The number of halogens is 2. The molecule has 146 valence electrons. The minimum absolute atomic E-state index is 0.0858. The number of nitrogens with one attached hydrogen (secondary N) is 1. The summed E-state index contributed by atoms with van der Waals surface area (Å²) in [6.07, 6.45) is 3.70. The predicted molar refractivity (Wildman–Crippen MR) is 108 cm³/mol. The van der Waals surface area contributed by atoms with Gasteiger partial charge in [0.05, 0.1) is 5.69 Å². The molecule has 0 bridgehead atoms. The summed E-state index contributed by atoms with van der Waals surface area (Å²) < 4.78 is 28.9. The molecule has 0 spiro atoms. The van der Waals surface area contributed by atoms with E-state index >= 15 is 0 Å². The summed E-state index contributed by atoms with van der Waals surface area (Å²) in [5, 5.41) is 2.77. The lowest BCUT2D eigenvalue weighted by molar-refractivity contribution is -0.116. The number of amides is 1. The average molecular weight is 391 g/mol. The summed E-state index contributed by atoms with van der Waals surface area (Å²) in [7, 11) is 0. The predicted octanol–water partition coefficient (Wildman–Crippen LogP) is 5.08. The number of fused-ring (bicyclic) bond motifs is 1. The number of pyridine rings is 1. The van der Waals surface area contributed by atoms with Crippen molar-refractivity contribution < 1.29 is 13.6 Å². The summed E-state index contributed by atoms with van der Waals surface area (Å²) in [6, 6.07) is 15.7. The van der Waals surface area contributed by atoms with Gasteiger partial charge in [0.15, 0.2) is 0 Å². The molecule has 0 saturated heterocycles. The van der Waals surface area contributed by atoms with Crippen molar-refractivity contribution in [1.82, 2.24) is 9.38 Å². The van der Waals surface area contributed by atoms with E-state index in [0.29, 0.717) is 11.3 Å². The molecule has 1 unspecified atom stereocenters. The molecular weight excluding hydrogens is 372 g/mol. The smallest absolute Gasteiger partial charge is 0.225 e. The SMILES string of the molecule is Cc1ccn2c(C(CC(=O)Nc3ccc(F)cc3)c3cccc(F)c3)cnc2c1. The normalized spacial score (nSPS) is 12.1. The van der Waals surface area contributed by atoms with Crippen molar-refractivity contribution in [2.24, 2.45) is 0 Å². The van der Waals surface area contributed by atoms with E-state index < -0.39 is 5.92 Å². The Balaban J connectivity index is 1.68. The molecule has 4 nitrogen and oxygen atoms in total. The van der Waals surface area contributed by atoms with E-state index in [9.17, 15) is 13.6 Å². The van der Waals surface area contributed by atoms with Gasteiger partial charge in [0.2, 0.25) is 5.91 Å². The molecular formula is C23H19F2N3O. The summed E-state index contributed by atoms with van der Waals surface area (Å²) in [6.45, 7) is 1.98. The molecule has 2 heterocycles. The molecule has 0 aliphatic carbocycles. The van der Waals surface area contributed by atoms with Crippen LogP contribution >= 0.6 is 0 Å². The van der Waals surface area contributed by atoms with Gasteiger partial charge in [-0.05, 0) is 66.6 Å². The topological polar surface area (TPSA) is 46.4 Å². The second kappa shape index (κ2) is 7.83. The fraction of sp³-hybridized carbons (Fsp3) is 0.130. The van der Waals surface area contributed by atoms with Crippen LogP contribution in [0.3, 0.4) is 0 Å². The third kappa shape index (κ3) is 4.16. The standard InChI is InChI=1S/C23H19F2N3O/c1-15-9-10-28-21(14-26-22(28)11-15)20(16-3-2-4-18(25)12-16)13-23(29)27-19-7-5-17(24)6-8-19/h2-12,14,20H,13H2,1H3,(H,27,29). The maximum atomic E-state index is 13.9. The zero-order valence-electron chi connectivity index (χ0n) is 15.8. The highest BCUT2D eigenvalue weighted by molar-refractivity contribution is 5.91. The quantitative estimate of drug-likeness (QED) is 0.516. The average Bonchev–Trinajstić information content (AvgIpc) is 3.10. The third-order valence-electron chi connectivity index (χ3n) is 4.82. The Morgan fingerprint density at radius 3 is 2.62 bits per heavy atom. The molecule has 4 rings (SSSR count). The Labute approximate surface area is 166 Å². The summed E-state index contributed by atoms with van der Waals surface area (Å²) in [5.41, 5.74) is 3.82. The first-order valence-electron chi connectivity index (χ1n) is 9.24. The molecule has 4 aromatic rings. The van der Waals surface area contributed by atoms with Gasteiger partial charge in [0, 0.05) is 30.4 Å². The van der Waals surface area contributed by atoms with Gasteiger partial charge in [-0.1, -0.05) is 12.1 Å². The van der Waals surface area contributed by atoms with Crippen molar-refractivity contribution in [2.75, 3.05) is 5.32 Å². The first-order chi connectivity index (χ1) is 14.0. The van der Waals surface area contributed by atoms with E-state index in [-0.39, 0.29) is 24.0 Å². The van der Waals surface area contributed by atoms with Crippen molar-refractivity contribution in [1.29, 1.82) is 0 Å². The van der Waals surface area contributed by atoms with Gasteiger partial charge in [0.1, 0.15) is 17.3 Å². The number of hydrogen-bond acceptors (Lipinski definition) is 2. The number of benzene rings is 2. The fourth-order valence-corrected chi connectivity index (χ4v) is 3.41. The molecule has 6 heteroatoms. The molecule has 0 fully saturated rings. The van der Waals surface area contributed by atoms with Gasteiger partial charge < -0.3 is 9.72 Å². The summed E-state index contributed by atoms with van der Waals surface area (Å²) in [4.78, 5) is 17.2. The van der Waals surface area contributed by atoms with Crippen LogP contribution in [-0.4, -0.2) is 15.3 Å². The van der Waals surface area contributed by atoms with Gasteiger partial charge in [-0.3, -0.25) is 4.79 Å². The van der Waals surface area contributed by atoms with E-state index in [1.54, 1.807) is 18.3 Å². The largest absolute Gasteiger partial charge is 0.326 e. The van der Waals surface area contributed by atoms with Crippen LogP contribution in [0.25, 0.3) is 5.65 Å². The molecule has 1 N–H and O–H groups in total. The van der Waals surface area contributed by atoms with Gasteiger partial charge >= 0.3 is 0 Å². The molecule has 2 aromatic heterocycles. The van der Waals surface area contributed by atoms with Crippen LogP contribution in [0.1, 0.15) is 29.2 Å². The molecule has 1 amide bonds. The zero-order chi connectivity index (χ0) is 20.4. The highest BCUT2D eigenvalue weighted by Crippen LogP contribution is 2.30. The Morgan fingerprint density at radius 2 is 1.86 bits per heavy atom. The zero-order valence-corrected chi connectivity index (χ0v) is 15.8. The van der Waals surface area contributed by atoms with Gasteiger partial charge in [-0.15, -0.1) is 0 Å². The molecule has 0 radical (unpaired) electrons. The van der Waals surface area contributed by atoms with Crippen molar-refractivity contribution in [3.63, 3.8) is 0 Å². The van der Waals surface area contributed by atoms with E-state index in [1.807, 2.05) is 29.7 Å². The van der Waals surface area contributed by atoms with Crippen molar-refractivity contribution in [3.8, 4) is 0 Å². The number of anilines is 1.